The molecule has 0 amide bonds. The van der Waals surface area contributed by atoms with Crippen LogP contribution in [0.3, 0.4) is 0 Å². The summed E-state index contributed by atoms with van der Waals surface area (Å²) in [7, 11) is 0. The molecule has 2 aromatic heterocycles. The highest BCUT2D eigenvalue weighted by Crippen LogP contribution is 2.29. The molecule has 0 spiro atoms. The van der Waals surface area contributed by atoms with Crippen LogP contribution >= 0.6 is 0 Å². The number of nitriles is 1. The van der Waals surface area contributed by atoms with Gasteiger partial charge < -0.3 is 4.42 Å². The van der Waals surface area contributed by atoms with Gasteiger partial charge in [-0.15, -0.1) is 0 Å². The van der Waals surface area contributed by atoms with Gasteiger partial charge in [-0.05, 0) is 12.5 Å². The summed E-state index contributed by atoms with van der Waals surface area (Å²) < 4.78 is 5.50. The maximum atomic E-state index is 12.6. The normalized spacial score (nSPS) is 10.6. The Kier molecular flexibility index (Phi) is 3.83. The smallest absolute Gasteiger partial charge is 0.346 e. The van der Waals surface area contributed by atoms with E-state index in [-0.39, 0.29) is 0 Å². The van der Waals surface area contributed by atoms with Gasteiger partial charge in [-0.1, -0.05) is 60.7 Å². The van der Waals surface area contributed by atoms with Gasteiger partial charge in [0.25, 0.3) is 0 Å². The average molecular weight is 338 g/mol. The zero-order chi connectivity index (χ0) is 18.1. The average Bonchev–Trinajstić information content (AvgIpc) is 2.68. The molecule has 0 atom stereocenters. The third-order valence-corrected chi connectivity index (χ3v) is 4.37. The molecule has 2 heterocycles. The van der Waals surface area contributed by atoms with Crippen molar-refractivity contribution >= 4 is 10.9 Å². The van der Waals surface area contributed by atoms with Gasteiger partial charge in [0.2, 0.25) is 0 Å². The molecule has 0 saturated heterocycles. The van der Waals surface area contributed by atoms with Gasteiger partial charge >= 0.3 is 5.63 Å². The molecule has 0 aliphatic rings. The van der Waals surface area contributed by atoms with Crippen LogP contribution in [0.15, 0.2) is 75.9 Å². The fourth-order valence-corrected chi connectivity index (χ4v) is 3.08. The Morgan fingerprint density at radius 1 is 0.962 bits per heavy atom. The van der Waals surface area contributed by atoms with Crippen molar-refractivity contribution < 1.29 is 4.42 Å². The fraction of sp³-hybridized carbons (Fsp3) is 0.0455. The van der Waals surface area contributed by atoms with Crippen molar-refractivity contribution in [1.82, 2.24) is 4.98 Å². The predicted molar refractivity (Wildman–Crippen MR) is 101 cm³/mol. The topological polar surface area (TPSA) is 66.9 Å². The molecule has 26 heavy (non-hydrogen) atoms. The highest BCUT2D eigenvalue weighted by atomic mass is 16.4. The Hall–Kier alpha value is -3.71. The van der Waals surface area contributed by atoms with E-state index in [0.717, 1.165) is 11.1 Å². The van der Waals surface area contributed by atoms with E-state index in [1.807, 2.05) is 60.7 Å². The highest BCUT2D eigenvalue weighted by molar-refractivity contribution is 5.89. The molecule has 124 valence electrons. The zero-order valence-electron chi connectivity index (χ0n) is 14.1. The van der Waals surface area contributed by atoms with Gasteiger partial charge in [-0.3, -0.25) is 0 Å². The molecule has 4 aromatic rings. The predicted octanol–water partition coefficient (Wildman–Crippen LogP) is 4.70. The second-order valence-corrected chi connectivity index (χ2v) is 5.96. The summed E-state index contributed by atoms with van der Waals surface area (Å²) >= 11 is 0. The van der Waals surface area contributed by atoms with Crippen molar-refractivity contribution in [2.24, 2.45) is 0 Å². The number of nitrogens with zero attached hydrogens (tertiary/aromatic N) is 2. The van der Waals surface area contributed by atoms with Crippen molar-refractivity contribution in [2.75, 3.05) is 0 Å². The molecule has 0 aliphatic carbocycles. The zero-order valence-corrected chi connectivity index (χ0v) is 14.1. The lowest BCUT2D eigenvalue weighted by atomic mass is 9.99. The Morgan fingerprint density at radius 2 is 1.58 bits per heavy atom. The summed E-state index contributed by atoms with van der Waals surface area (Å²) in [5, 5.41) is 9.97. The molecule has 0 bridgehead atoms. The Bertz CT molecular complexity index is 1200. The van der Waals surface area contributed by atoms with Crippen LogP contribution in [0.1, 0.15) is 11.1 Å². The van der Waals surface area contributed by atoms with Crippen LogP contribution in [0.4, 0.5) is 0 Å². The van der Waals surface area contributed by atoms with Crippen LogP contribution < -0.4 is 5.63 Å². The molecule has 2 aromatic carbocycles. The van der Waals surface area contributed by atoms with Crippen LogP contribution in [0.2, 0.25) is 0 Å². The summed E-state index contributed by atoms with van der Waals surface area (Å²) in [6.45, 7) is 1.76. The SMILES string of the molecule is Cc1c(C#N)c(-c2ccccc2)nc2cc(-c3ccccc3)oc(=O)c12. The van der Waals surface area contributed by atoms with E-state index in [9.17, 15) is 10.1 Å². The minimum atomic E-state index is -0.484. The number of hydrogen-bond acceptors (Lipinski definition) is 4. The van der Waals surface area contributed by atoms with E-state index in [4.69, 9.17) is 4.42 Å². The van der Waals surface area contributed by atoms with Crippen molar-refractivity contribution in [3.63, 3.8) is 0 Å². The van der Waals surface area contributed by atoms with Crippen LogP contribution in [0.5, 0.6) is 0 Å². The van der Waals surface area contributed by atoms with Crippen LogP contribution in [-0.2, 0) is 0 Å². The summed E-state index contributed by atoms with van der Waals surface area (Å²) in [4.78, 5) is 17.2. The van der Waals surface area contributed by atoms with Gasteiger partial charge in [0.05, 0.1) is 22.2 Å². The van der Waals surface area contributed by atoms with E-state index >= 15 is 0 Å². The lowest BCUT2D eigenvalue weighted by Gasteiger charge is -2.10. The number of benzene rings is 2. The maximum absolute atomic E-state index is 12.6. The second-order valence-electron chi connectivity index (χ2n) is 5.96. The molecule has 4 heteroatoms. The quantitative estimate of drug-likeness (QED) is 0.531. The Morgan fingerprint density at radius 3 is 2.19 bits per heavy atom. The molecule has 0 fully saturated rings. The maximum Gasteiger partial charge on any atom is 0.346 e. The van der Waals surface area contributed by atoms with Crippen LogP contribution in [0, 0.1) is 18.3 Å². The van der Waals surface area contributed by atoms with Gasteiger partial charge in [0.15, 0.2) is 0 Å². The fourth-order valence-electron chi connectivity index (χ4n) is 3.08. The molecular weight excluding hydrogens is 324 g/mol. The number of rotatable bonds is 2. The number of hydrogen-bond donors (Lipinski definition) is 0. The monoisotopic (exact) mass is 338 g/mol. The second kappa shape index (κ2) is 6.30. The van der Waals surface area contributed by atoms with E-state index in [1.165, 1.54) is 0 Å². The molecule has 4 nitrogen and oxygen atoms in total. The van der Waals surface area contributed by atoms with E-state index in [1.54, 1.807) is 13.0 Å². The minimum absolute atomic E-state index is 0.348. The number of pyridine rings is 1. The first-order valence-corrected chi connectivity index (χ1v) is 8.18. The van der Waals surface area contributed by atoms with Gasteiger partial charge in [0.1, 0.15) is 11.8 Å². The summed E-state index contributed by atoms with van der Waals surface area (Å²) in [5.74, 6) is 0.457. The summed E-state index contributed by atoms with van der Waals surface area (Å²) in [6, 6.07) is 22.9. The Balaban J connectivity index is 2.06. The van der Waals surface area contributed by atoms with Gasteiger partial charge in [-0.25, -0.2) is 9.78 Å². The first-order chi connectivity index (χ1) is 12.7. The number of fused-ring (bicyclic) bond motifs is 1. The molecule has 0 aliphatic heterocycles. The van der Waals surface area contributed by atoms with Crippen molar-refractivity contribution in [2.45, 2.75) is 6.92 Å². The third-order valence-electron chi connectivity index (χ3n) is 4.37. The molecular formula is C22H14N2O2. The largest absolute Gasteiger partial charge is 0.422 e. The third kappa shape index (κ3) is 2.56. The molecule has 4 rings (SSSR count). The molecule has 0 N–H and O–H groups in total. The lowest BCUT2D eigenvalue weighted by molar-refractivity contribution is 0.534. The Labute approximate surface area is 150 Å². The van der Waals surface area contributed by atoms with Crippen molar-refractivity contribution in [1.29, 1.82) is 5.26 Å². The van der Waals surface area contributed by atoms with E-state index in [2.05, 4.69) is 11.1 Å². The number of aryl methyl sites for hydroxylation is 1. The van der Waals surface area contributed by atoms with Crippen LogP contribution in [-0.4, -0.2) is 4.98 Å². The molecule has 0 radical (unpaired) electrons. The van der Waals surface area contributed by atoms with Crippen LogP contribution in [0.25, 0.3) is 33.5 Å². The molecule has 0 unspecified atom stereocenters. The van der Waals surface area contributed by atoms with Gasteiger partial charge in [0, 0.05) is 17.2 Å². The molecule has 0 saturated carbocycles. The minimum Gasteiger partial charge on any atom is -0.422 e. The summed E-state index contributed by atoms with van der Waals surface area (Å²) in [5.41, 5.74) is 3.23. The summed E-state index contributed by atoms with van der Waals surface area (Å²) in [6.07, 6.45) is 0. The van der Waals surface area contributed by atoms with Crippen molar-refractivity contribution in [3.05, 3.63) is 88.3 Å². The van der Waals surface area contributed by atoms with Crippen molar-refractivity contribution in [3.8, 4) is 28.7 Å². The van der Waals surface area contributed by atoms with E-state index in [0.29, 0.717) is 33.5 Å². The number of aromatic nitrogens is 1. The first kappa shape index (κ1) is 15.8. The highest BCUT2D eigenvalue weighted by Gasteiger charge is 2.17. The standard InChI is InChI=1S/C22H14N2O2/c1-14-17(13-23)21(16-10-6-3-7-11-16)24-18-12-19(26-22(25)20(14)18)15-8-4-2-5-9-15/h2-12H,1H3. The van der Waals surface area contributed by atoms with Gasteiger partial charge in [-0.2, -0.15) is 5.26 Å². The lowest BCUT2D eigenvalue weighted by Crippen LogP contribution is -2.06. The first-order valence-electron chi connectivity index (χ1n) is 8.18. The van der Waals surface area contributed by atoms with E-state index < -0.39 is 5.63 Å².